The Bertz CT molecular complexity index is 1250. The summed E-state index contributed by atoms with van der Waals surface area (Å²) in [6, 6.07) is -8.60. The van der Waals surface area contributed by atoms with E-state index in [2.05, 4.69) is 42.5 Å². The van der Waals surface area contributed by atoms with E-state index >= 15 is 0 Å². The van der Waals surface area contributed by atoms with Gasteiger partial charge in [-0.1, -0.05) is 0 Å². The van der Waals surface area contributed by atoms with Crippen molar-refractivity contribution in [3.63, 3.8) is 0 Å². The van der Waals surface area contributed by atoms with Gasteiger partial charge in [0.05, 0.1) is 6.04 Å². The van der Waals surface area contributed by atoms with Crippen molar-refractivity contribution in [2.75, 3.05) is 19.6 Å². The fourth-order valence-corrected chi connectivity index (χ4v) is 4.46. The summed E-state index contributed by atoms with van der Waals surface area (Å²) < 4.78 is 0. The van der Waals surface area contributed by atoms with Crippen molar-refractivity contribution >= 4 is 47.4 Å². The number of carbonyl (C=O) groups is 7. The molecule has 262 valence electrons. The third-order valence-corrected chi connectivity index (χ3v) is 6.93. The molecule has 2 heterocycles. The summed E-state index contributed by atoms with van der Waals surface area (Å²) in [6.45, 7) is 0.631. The van der Waals surface area contributed by atoms with Crippen molar-refractivity contribution < 1.29 is 38.7 Å². The largest absolute Gasteiger partial charge is 0.374 e. The van der Waals surface area contributed by atoms with Crippen molar-refractivity contribution in [3.8, 4) is 0 Å². The molecule has 0 aliphatic carbocycles. The van der Waals surface area contributed by atoms with Crippen LogP contribution in [0.1, 0.15) is 32.6 Å². The van der Waals surface area contributed by atoms with Crippen LogP contribution in [0.3, 0.4) is 0 Å². The summed E-state index contributed by atoms with van der Waals surface area (Å²) in [5.41, 5.74) is 21.6. The van der Waals surface area contributed by atoms with Crippen LogP contribution >= 0.6 is 0 Å². The third kappa shape index (κ3) is 12.3. The summed E-state index contributed by atoms with van der Waals surface area (Å²) in [5.74, 6) is -5.90. The van der Waals surface area contributed by atoms with E-state index in [1.807, 2.05) is 5.32 Å². The van der Waals surface area contributed by atoms with E-state index < -0.39 is 103 Å². The van der Waals surface area contributed by atoms with Gasteiger partial charge in [-0.2, -0.15) is 0 Å². The summed E-state index contributed by atoms with van der Waals surface area (Å²) in [5, 5.41) is 39.3. The molecule has 0 aromatic carbocycles. The van der Waals surface area contributed by atoms with Crippen LogP contribution in [-0.4, -0.2) is 115 Å². The van der Waals surface area contributed by atoms with Crippen LogP contribution in [0.15, 0.2) is 11.9 Å². The van der Waals surface area contributed by atoms with E-state index in [0.29, 0.717) is 19.4 Å². The Morgan fingerprint density at radius 3 is 2.34 bits per heavy atom. The van der Waals surface area contributed by atoms with E-state index in [4.69, 9.17) is 28.3 Å². The molecule has 8 amide bonds. The minimum absolute atomic E-state index is 0.187. The molecule has 22 nitrogen and oxygen atoms in total. The number of carbonyl (C=O) groups excluding carboxylic acids is 7. The number of urea groups is 1. The predicted octanol–water partition coefficient (Wildman–Crippen LogP) is -7.68. The monoisotopic (exact) mass is 668 g/mol. The Morgan fingerprint density at radius 1 is 1.02 bits per heavy atom. The second-order valence-electron chi connectivity index (χ2n) is 10.8. The molecule has 2 saturated heterocycles. The molecule has 0 aromatic heterocycles. The van der Waals surface area contributed by atoms with Gasteiger partial charge >= 0.3 is 6.03 Å². The number of rotatable bonds is 9. The minimum Gasteiger partial charge on any atom is -0.374 e. The van der Waals surface area contributed by atoms with E-state index in [9.17, 15) is 38.7 Å². The highest BCUT2D eigenvalue weighted by atomic mass is 16.3. The molecule has 1 unspecified atom stereocenters. The highest BCUT2D eigenvalue weighted by Gasteiger charge is 2.37. The Labute approximate surface area is 269 Å². The highest BCUT2D eigenvalue weighted by Crippen LogP contribution is 2.09. The lowest BCUT2D eigenvalue weighted by molar-refractivity contribution is -0.134. The standard InChI is InChI=1S/C25H44N14O8/c1-10-19(42)35-13(7-27)20(43)36-15(9-32-25(30)47)22(45)39-18(12-6-17(41)38-24(29)37-12)23(46)31-8-14(21(44)33-10)34-16(40)5-11(28)3-2-4-26/h9-14,17-18,41H,2-8,26-28H2,1H3,(H,31,46)(H,33,44)(H,34,40)(H,35,42)(H,36,43)(H,39,45)(H3,29,37,38)(H3,30,32,47)/b15-9-/t10-,11-,12?,13-,14-,17+,18-/m0/s1. The maximum absolute atomic E-state index is 13.6. The highest BCUT2D eigenvalue weighted by molar-refractivity contribution is 6.02. The van der Waals surface area contributed by atoms with Gasteiger partial charge in [-0.25, -0.2) is 4.79 Å². The van der Waals surface area contributed by atoms with Gasteiger partial charge in [0.2, 0.25) is 29.5 Å². The zero-order valence-corrected chi connectivity index (χ0v) is 25.7. The number of aliphatic hydroxyl groups excluding tert-OH is 1. The lowest BCUT2D eigenvalue weighted by Gasteiger charge is -2.35. The molecule has 2 fully saturated rings. The molecule has 2 rings (SSSR count). The number of primary amides is 1. The first-order chi connectivity index (χ1) is 22.1. The summed E-state index contributed by atoms with van der Waals surface area (Å²) in [7, 11) is 0. The predicted molar refractivity (Wildman–Crippen MR) is 164 cm³/mol. The Hall–Kier alpha value is -5.06. The number of guanidine groups is 1. The van der Waals surface area contributed by atoms with E-state index in [0.717, 1.165) is 6.20 Å². The Kier molecular flexibility index (Phi) is 14.7. The number of aliphatic hydroxyl groups is 1. The molecule has 7 atom stereocenters. The van der Waals surface area contributed by atoms with Crippen LogP contribution in [0.5, 0.6) is 0 Å². The lowest BCUT2D eigenvalue weighted by atomic mass is 10.0. The number of amides is 8. The van der Waals surface area contributed by atoms with Crippen molar-refractivity contribution in [1.29, 1.82) is 5.41 Å². The molecule has 2 aliphatic rings. The molecule has 0 aromatic rings. The number of hydrogen-bond donors (Lipinski definition) is 15. The van der Waals surface area contributed by atoms with Gasteiger partial charge in [-0.15, -0.1) is 0 Å². The quantitative estimate of drug-likeness (QED) is 0.102. The van der Waals surface area contributed by atoms with Gasteiger partial charge in [-0.3, -0.25) is 34.2 Å². The molecule has 19 N–H and O–H groups in total. The van der Waals surface area contributed by atoms with Gasteiger partial charge in [0.15, 0.2) is 5.96 Å². The first-order valence-electron chi connectivity index (χ1n) is 14.7. The van der Waals surface area contributed by atoms with Gasteiger partial charge in [0.25, 0.3) is 5.91 Å². The third-order valence-electron chi connectivity index (χ3n) is 6.93. The van der Waals surface area contributed by atoms with Crippen LogP contribution in [0.25, 0.3) is 0 Å². The van der Waals surface area contributed by atoms with Gasteiger partial charge in [0.1, 0.15) is 36.1 Å². The summed E-state index contributed by atoms with van der Waals surface area (Å²) in [6.07, 6.45) is 0.0208. The number of nitrogens with two attached hydrogens (primary N) is 4. The van der Waals surface area contributed by atoms with E-state index in [1.54, 1.807) is 0 Å². The SMILES string of the molecule is C[C@@H]1NC(=O)[C@@H](NC(=O)C[C@@H](N)CCCN)CNC(=O)[C@H](C2C[C@@H](O)NC(=N)N2)NC(=O)/C(=C/NC(N)=O)NC(=O)[C@H](CN)NC1=O. The number of hydrogen-bond acceptors (Lipinski definition) is 12. The first kappa shape index (κ1) is 38.1. The van der Waals surface area contributed by atoms with Crippen LogP contribution in [0.2, 0.25) is 0 Å². The van der Waals surface area contributed by atoms with Crippen LogP contribution in [0.4, 0.5) is 4.79 Å². The molecular formula is C25H44N14O8. The average molecular weight is 669 g/mol. The fourth-order valence-electron chi connectivity index (χ4n) is 4.46. The van der Waals surface area contributed by atoms with Crippen LogP contribution in [-0.2, 0) is 28.8 Å². The minimum atomic E-state index is -1.59. The van der Waals surface area contributed by atoms with Gasteiger partial charge in [-0.05, 0) is 26.3 Å². The normalized spacial score (nSPS) is 27.9. The second kappa shape index (κ2) is 18.2. The molecule has 2 aliphatic heterocycles. The maximum Gasteiger partial charge on any atom is 0.316 e. The van der Waals surface area contributed by atoms with E-state index in [1.165, 1.54) is 6.92 Å². The van der Waals surface area contributed by atoms with Crippen LogP contribution in [0, 0.1) is 5.41 Å². The first-order valence-corrected chi connectivity index (χ1v) is 14.7. The van der Waals surface area contributed by atoms with Crippen molar-refractivity contribution in [1.82, 2.24) is 47.9 Å². The summed E-state index contributed by atoms with van der Waals surface area (Å²) >= 11 is 0. The molecular weight excluding hydrogens is 624 g/mol. The van der Waals surface area contributed by atoms with E-state index in [-0.39, 0.29) is 18.8 Å². The Morgan fingerprint density at radius 2 is 1.72 bits per heavy atom. The van der Waals surface area contributed by atoms with Crippen molar-refractivity contribution in [2.24, 2.45) is 22.9 Å². The van der Waals surface area contributed by atoms with Crippen molar-refractivity contribution in [2.45, 2.75) is 75.1 Å². The fraction of sp³-hybridized carbons (Fsp3) is 0.600. The lowest BCUT2D eigenvalue weighted by Crippen LogP contribution is -2.66. The molecule has 0 bridgehead atoms. The van der Waals surface area contributed by atoms with Gasteiger partial charge < -0.3 is 75.9 Å². The maximum atomic E-state index is 13.6. The van der Waals surface area contributed by atoms with Crippen LogP contribution < -0.4 is 70.8 Å². The molecule has 0 radical (unpaired) electrons. The molecule has 22 heteroatoms. The van der Waals surface area contributed by atoms with Gasteiger partial charge in [0, 0.05) is 38.2 Å². The average Bonchev–Trinajstić information content (AvgIpc) is 2.99. The topological polar surface area (TPSA) is 376 Å². The Balaban J connectivity index is 2.50. The molecule has 0 spiro atoms. The summed E-state index contributed by atoms with van der Waals surface area (Å²) in [4.78, 5) is 90.3. The number of nitrogens with one attached hydrogen (secondary N) is 10. The zero-order valence-electron chi connectivity index (χ0n) is 25.7. The molecule has 0 saturated carbocycles. The smallest absolute Gasteiger partial charge is 0.316 e. The zero-order chi connectivity index (χ0) is 35.3. The molecule has 47 heavy (non-hydrogen) atoms. The second-order valence-corrected chi connectivity index (χ2v) is 10.8. The van der Waals surface area contributed by atoms with Crippen molar-refractivity contribution in [3.05, 3.63) is 11.9 Å².